The van der Waals surface area contributed by atoms with Crippen molar-refractivity contribution >= 4 is 0 Å². The summed E-state index contributed by atoms with van der Waals surface area (Å²) in [5.74, 6) is 3.26. The Balaban J connectivity index is 2.51. The lowest BCUT2D eigenvalue weighted by atomic mass is 10.1. The molecule has 2 rings (SSSR count). The number of hydrogen-bond acceptors (Lipinski definition) is 3. The van der Waals surface area contributed by atoms with Crippen LogP contribution in [0.4, 0.5) is 0 Å². The lowest BCUT2D eigenvalue weighted by Crippen LogP contribution is -1.89. The summed E-state index contributed by atoms with van der Waals surface area (Å²) in [4.78, 5) is 0. The predicted molar refractivity (Wildman–Crippen MR) is 66.7 cm³/mol. The van der Waals surface area contributed by atoms with E-state index in [1.54, 1.807) is 14.2 Å². The van der Waals surface area contributed by atoms with Gasteiger partial charge in [-0.25, -0.2) is 0 Å². The van der Waals surface area contributed by atoms with Crippen LogP contribution in [0.3, 0.4) is 0 Å². The maximum Gasteiger partial charge on any atom is 0.138 e. The Kier molecular flexibility index (Phi) is 3.09. The van der Waals surface area contributed by atoms with E-state index in [2.05, 4.69) is 0 Å². The van der Waals surface area contributed by atoms with E-state index in [1.807, 2.05) is 38.1 Å². The number of benzene rings is 1. The first-order valence-electron chi connectivity index (χ1n) is 5.45. The van der Waals surface area contributed by atoms with E-state index in [-0.39, 0.29) is 0 Å². The first-order chi connectivity index (χ1) is 8.15. The van der Waals surface area contributed by atoms with Crippen LogP contribution in [-0.4, -0.2) is 14.2 Å². The predicted octanol–water partition coefficient (Wildman–Crippen LogP) is 3.58. The Morgan fingerprint density at radius 1 is 1.00 bits per heavy atom. The minimum Gasteiger partial charge on any atom is -0.497 e. The van der Waals surface area contributed by atoms with E-state index >= 15 is 0 Å². The van der Waals surface area contributed by atoms with Crippen LogP contribution in [0, 0.1) is 13.8 Å². The molecule has 0 aliphatic rings. The number of aryl methyl sites for hydroxylation is 2. The zero-order valence-corrected chi connectivity index (χ0v) is 10.5. The van der Waals surface area contributed by atoms with Crippen LogP contribution in [-0.2, 0) is 0 Å². The molecule has 0 atom stereocenters. The molecule has 2 aromatic rings. The fourth-order valence-corrected chi connectivity index (χ4v) is 1.71. The lowest BCUT2D eigenvalue weighted by molar-refractivity contribution is 0.394. The molecule has 0 spiro atoms. The summed E-state index contributed by atoms with van der Waals surface area (Å²) in [7, 11) is 3.27. The molecular weight excluding hydrogens is 216 g/mol. The Morgan fingerprint density at radius 3 is 2.29 bits per heavy atom. The van der Waals surface area contributed by atoms with Crippen LogP contribution in [0.2, 0.25) is 0 Å². The summed E-state index contributed by atoms with van der Waals surface area (Å²) >= 11 is 0. The topological polar surface area (TPSA) is 31.6 Å². The van der Waals surface area contributed by atoms with E-state index in [9.17, 15) is 0 Å². The SMILES string of the molecule is COc1ccc(-c2cc(C)c(C)o2)c(OC)c1. The van der Waals surface area contributed by atoms with Gasteiger partial charge in [0.25, 0.3) is 0 Å². The van der Waals surface area contributed by atoms with Gasteiger partial charge >= 0.3 is 0 Å². The number of rotatable bonds is 3. The monoisotopic (exact) mass is 232 g/mol. The Labute approximate surface area is 101 Å². The molecule has 0 N–H and O–H groups in total. The second kappa shape index (κ2) is 4.53. The molecule has 0 aliphatic carbocycles. The minimum absolute atomic E-state index is 0.748. The van der Waals surface area contributed by atoms with Gasteiger partial charge in [-0.15, -0.1) is 0 Å². The average molecular weight is 232 g/mol. The third-order valence-corrected chi connectivity index (χ3v) is 2.84. The van der Waals surface area contributed by atoms with Gasteiger partial charge in [-0.1, -0.05) is 0 Å². The van der Waals surface area contributed by atoms with Crippen molar-refractivity contribution in [1.82, 2.24) is 0 Å². The normalized spacial score (nSPS) is 10.4. The molecule has 0 saturated carbocycles. The van der Waals surface area contributed by atoms with Crippen molar-refractivity contribution < 1.29 is 13.9 Å². The first-order valence-corrected chi connectivity index (χ1v) is 5.45. The Bertz CT molecular complexity index is 507. The number of furan rings is 1. The molecule has 1 aromatic heterocycles. The largest absolute Gasteiger partial charge is 0.497 e. The van der Waals surface area contributed by atoms with Crippen LogP contribution in [0.5, 0.6) is 11.5 Å². The standard InChI is InChI=1S/C14H16O3/c1-9-7-14(17-10(9)2)12-6-5-11(15-3)8-13(12)16-4/h5-8H,1-4H3. The van der Waals surface area contributed by atoms with Gasteiger partial charge in [0, 0.05) is 6.07 Å². The third-order valence-electron chi connectivity index (χ3n) is 2.84. The molecule has 17 heavy (non-hydrogen) atoms. The fraction of sp³-hybridized carbons (Fsp3) is 0.286. The summed E-state index contributed by atoms with van der Waals surface area (Å²) < 4.78 is 16.2. The molecule has 0 aliphatic heterocycles. The second-order valence-electron chi connectivity index (χ2n) is 3.92. The van der Waals surface area contributed by atoms with Crippen LogP contribution in [0.25, 0.3) is 11.3 Å². The molecular formula is C14H16O3. The zero-order chi connectivity index (χ0) is 12.4. The van der Waals surface area contributed by atoms with Crippen molar-refractivity contribution in [1.29, 1.82) is 0 Å². The van der Waals surface area contributed by atoms with Gasteiger partial charge in [-0.3, -0.25) is 0 Å². The van der Waals surface area contributed by atoms with E-state index in [0.29, 0.717) is 0 Å². The smallest absolute Gasteiger partial charge is 0.138 e. The summed E-state index contributed by atoms with van der Waals surface area (Å²) in [5, 5.41) is 0. The summed E-state index contributed by atoms with van der Waals surface area (Å²) in [5.41, 5.74) is 2.07. The maximum atomic E-state index is 5.70. The maximum absolute atomic E-state index is 5.70. The fourth-order valence-electron chi connectivity index (χ4n) is 1.71. The van der Waals surface area contributed by atoms with Crippen LogP contribution >= 0.6 is 0 Å². The quantitative estimate of drug-likeness (QED) is 0.810. The van der Waals surface area contributed by atoms with E-state index in [1.165, 1.54) is 0 Å². The third kappa shape index (κ3) is 2.13. The van der Waals surface area contributed by atoms with Crippen LogP contribution < -0.4 is 9.47 Å². The second-order valence-corrected chi connectivity index (χ2v) is 3.92. The highest BCUT2D eigenvalue weighted by atomic mass is 16.5. The highest BCUT2D eigenvalue weighted by molar-refractivity contribution is 5.68. The van der Waals surface area contributed by atoms with E-state index in [4.69, 9.17) is 13.9 Å². The van der Waals surface area contributed by atoms with Crippen molar-refractivity contribution in [3.8, 4) is 22.8 Å². The van der Waals surface area contributed by atoms with Gasteiger partial charge in [0.15, 0.2) is 0 Å². The summed E-state index contributed by atoms with van der Waals surface area (Å²) in [6, 6.07) is 7.70. The van der Waals surface area contributed by atoms with Crippen LogP contribution in [0.1, 0.15) is 11.3 Å². The van der Waals surface area contributed by atoms with Crippen molar-refractivity contribution in [2.24, 2.45) is 0 Å². The van der Waals surface area contributed by atoms with Crippen molar-refractivity contribution in [2.75, 3.05) is 14.2 Å². The van der Waals surface area contributed by atoms with Gasteiger partial charge in [-0.2, -0.15) is 0 Å². The van der Waals surface area contributed by atoms with E-state index < -0.39 is 0 Å². The molecule has 3 nitrogen and oxygen atoms in total. The van der Waals surface area contributed by atoms with Gasteiger partial charge < -0.3 is 13.9 Å². The Morgan fingerprint density at radius 2 is 1.76 bits per heavy atom. The van der Waals surface area contributed by atoms with Gasteiger partial charge in [0.1, 0.15) is 23.0 Å². The molecule has 3 heteroatoms. The van der Waals surface area contributed by atoms with Crippen LogP contribution in [0.15, 0.2) is 28.7 Å². The average Bonchev–Trinajstić information content (AvgIpc) is 2.68. The molecule has 90 valence electrons. The van der Waals surface area contributed by atoms with Gasteiger partial charge in [-0.05, 0) is 37.6 Å². The molecule has 0 fully saturated rings. The first kappa shape index (κ1) is 11.6. The van der Waals surface area contributed by atoms with Gasteiger partial charge in [0.05, 0.1) is 19.8 Å². The number of ether oxygens (including phenoxy) is 2. The molecule has 0 saturated heterocycles. The lowest BCUT2D eigenvalue weighted by Gasteiger charge is -2.08. The Hall–Kier alpha value is -1.90. The number of methoxy groups -OCH3 is 2. The molecule has 0 bridgehead atoms. The summed E-state index contributed by atoms with van der Waals surface area (Å²) in [6.45, 7) is 3.98. The summed E-state index contributed by atoms with van der Waals surface area (Å²) in [6.07, 6.45) is 0. The molecule has 0 unspecified atom stereocenters. The van der Waals surface area contributed by atoms with Gasteiger partial charge in [0.2, 0.25) is 0 Å². The zero-order valence-electron chi connectivity index (χ0n) is 10.5. The molecule has 0 amide bonds. The molecule has 1 heterocycles. The molecule has 0 radical (unpaired) electrons. The van der Waals surface area contributed by atoms with Crippen molar-refractivity contribution in [2.45, 2.75) is 13.8 Å². The van der Waals surface area contributed by atoms with E-state index in [0.717, 1.165) is 34.1 Å². The highest BCUT2D eigenvalue weighted by Crippen LogP contribution is 2.35. The highest BCUT2D eigenvalue weighted by Gasteiger charge is 2.12. The number of hydrogen-bond donors (Lipinski definition) is 0. The minimum atomic E-state index is 0.748. The van der Waals surface area contributed by atoms with Crippen molar-refractivity contribution in [3.05, 3.63) is 35.6 Å². The van der Waals surface area contributed by atoms with Crippen molar-refractivity contribution in [3.63, 3.8) is 0 Å². The molecule has 1 aromatic carbocycles.